The lowest BCUT2D eigenvalue weighted by Gasteiger charge is -2.31. The lowest BCUT2D eigenvalue weighted by atomic mass is 9.87. The van der Waals surface area contributed by atoms with Crippen molar-refractivity contribution in [3.05, 3.63) is 28.8 Å². The quantitative estimate of drug-likeness (QED) is 0.541. The van der Waals surface area contributed by atoms with Crippen LogP contribution in [-0.4, -0.2) is 43.9 Å². The fourth-order valence-electron chi connectivity index (χ4n) is 3.57. The summed E-state index contributed by atoms with van der Waals surface area (Å²) in [7, 11) is 0. The van der Waals surface area contributed by atoms with Crippen LogP contribution in [0.1, 0.15) is 45.6 Å². The van der Waals surface area contributed by atoms with E-state index in [4.69, 9.17) is 22.1 Å². The van der Waals surface area contributed by atoms with Gasteiger partial charge in [-0.15, -0.1) is 0 Å². The van der Waals surface area contributed by atoms with Crippen molar-refractivity contribution in [2.45, 2.75) is 51.5 Å². The van der Waals surface area contributed by atoms with Crippen LogP contribution in [0.5, 0.6) is 0 Å². The van der Waals surface area contributed by atoms with E-state index in [-0.39, 0.29) is 30.2 Å². The number of carbonyl (C=O) groups is 3. The van der Waals surface area contributed by atoms with Gasteiger partial charge < -0.3 is 25.9 Å². The van der Waals surface area contributed by atoms with E-state index in [2.05, 4.69) is 31.4 Å². The molecular weight excluding hydrogens is 406 g/mol. The van der Waals surface area contributed by atoms with E-state index in [1.54, 1.807) is 6.07 Å². The predicted molar refractivity (Wildman–Crippen MR) is 117 cm³/mol. The molecule has 1 aliphatic rings. The highest BCUT2D eigenvalue weighted by molar-refractivity contribution is 6.31. The topological polar surface area (TPSA) is 111 Å². The monoisotopic (exact) mass is 437 g/mol. The number of hydrogen-bond acceptors (Lipinski definition) is 5. The van der Waals surface area contributed by atoms with Gasteiger partial charge in [0.25, 0.3) is 0 Å². The minimum atomic E-state index is -0.747. The van der Waals surface area contributed by atoms with Crippen molar-refractivity contribution in [2.24, 2.45) is 17.6 Å². The van der Waals surface area contributed by atoms with Gasteiger partial charge in [0.1, 0.15) is 12.3 Å². The third-order valence-electron chi connectivity index (χ3n) is 5.40. The number of aldehydes is 1. The van der Waals surface area contributed by atoms with Crippen LogP contribution in [0.4, 0.5) is 5.69 Å². The summed E-state index contributed by atoms with van der Waals surface area (Å²) in [5, 5.41) is 6.26. The highest BCUT2D eigenvalue weighted by Crippen LogP contribution is 2.31. The minimum Gasteiger partial charge on any atom is -0.381 e. The van der Waals surface area contributed by atoms with Gasteiger partial charge in [-0.3, -0.25) is 9.59 Å². The summed E-state index contributed by atoms with van der Waals surface area (Å²) in [6.45, 7) is 7.30. The largest absolute Gasteiger partial charge is 0.381 e. The zero-order valence-electron chi connectivity index (χ0n) is 17.9. The van der Waals surface area contributed by atoms with Crippen LogP contribution in [0.2, 0.25) is 5.02 Å². The van der Waals surface area contributed by atoms with E-state index in [9.17, 15) is 14.4 Å². The van der Waals surface area contributed by atoms with Crippen molar-refractivity contribution in [3.8, 4) is 0 Å². The third kappa shape index (κ3) is 6.52. The Bertz CT molecular complexity index is 757. The summed E-state index contributed by atoms with van der Waals surface area (Å²) in [5.41, 5.74) is 7.05. The Hall–Kier alpha value is -1.96. The van der Waals surface area contributed by atoms with Gasteiger partial charge in [0.05, 0.1) is 5.92 Å². The molecule has 8 heteroatoms. The van der Waals surface area contributed by atoms with Gasteiger partial charge in [-0.05, 0) is 41.9 Å². The van der Waals surface area contributed by atoms with Gasteiger partial charge in [-0.25, -0.2) is 0 Å². The molecule has 2 amide bonds. The van der Waals surface area contributed by atoms with Crippen LogP contribution in [0.3, 0.4) is 0 Å². The summed E-state index contributed by atoms with van der Waals surface area (Å²) in [6, 6.07) is 4.68. The van der Waals surface area contributed by atoms with Crippen LogP contribution in [0.15, 0.2) is 18.2 Å². The average Bonchev–Trinajstić information content (AvgIpc) is 2.69. The van der Waals surface area contributed by atoms with E-state index in [0.29, 0.717) is 43.1 Å². The maximum Gasteiger partial charge on any atom is 0.247 e. The number of carbonyl (C=O) groups excluding carboxylic acids is 3. The second kappa shape index (κ2) is 10.9. The highest BCUT2D eigenvalue weighted by Gasteiger charge is 2.33. The maximum absolute atomic E-state index is 13.1. The number of nitrogens with two attached hydrogens (primary N) is 1. The van der Waals surface area contributed by atoms with Crippen molar-refractivity contribution in [2.75, 3.05) is 25.1 Å². The lowest BCUT2D eigenvalue weighted by Crippen LogP contribution is -2.52. The van der Waals surface area contributed by atoms with Crippen molar-refractivity contribution < 1.29 is 19.1 Å². The van der Waals surface area contributed by atoms with Crippen molar-refractivity contribution in [1.29, 1.82) is 0 Å². The Morgan fingerprint density at radius 3 is 2.47 bits per heavy atom. The molecule has 1 aliphatic heterocycles. The predicted octanol–water partition coefficient (Wildman–Crippen LogP) is 2.65. The Morgan fingerprint density at radius 1 is 1.27 bits per heavy atom. The fourth-order valence-corrected chi connectivity index (χ4v) is 4.03. The number of hydrogen-bond donors (Lipinski definition) is 3. The highest BCUT2D eigenvalue weighted by atomic mass is 35.5. The number of nitrogens with one attached hydrogen (secondary N) is 2. The van der Waals surface area contributed by atoms with Gasteiger partial charge in [-0.2, -0.15) is 0 Å². The van der Waals surface area contributed by atoms with E-state index in [1.165, 1.54) is 0 Å². The van der Waals surface area contributed by atoms with Crippen LogP contribution in [0.25, 0.3) is 0 Å². The zero-order chi connectivity index (χ0) is 22.3. The van der Waals surface area contributed by atoms with Crippen LogP contribution >= 0.6 is 11.6 Å². The molecule has 0 radical (unpaired) electrons. The normalized spacial score (nSPS) is 17.1. The Morgan fingerprint density at radius 2 is 1.93 bits per heavy atom. The van der Waals surface area contributed by atoms with E-state index in [0.717, 1.165) is 5.56 Å². The van der Waals surface area contributed by atoms with Gasteiger partial charge in [0.15, 0.2) is 0 Å². The molecule has 30 heavy (non-hydrogen) atoms. The SMILES string of the molecule is CC(C)(C)c1ccc(NC(=O)[C@H](NC(=O)[C@H](CN)CC=O)C2CCOCC2)cc1Cl. The van der Waals surface area contributed by atoms with Crippen molar-refractivity contribution >= 4 is 35.4 Å². The summed E-state index contributed by atoms with van der Waals surface area (Å²) < 4.78 is 5.39. The second-order valence-electron chi connectivity index (χ2n) is 8.70. The number of ether oxygens (including phenoxy) is 1. The number of benzene rings is 1. The van der Waals surface area contributed by atoms with E-state index < -0.39 is 17.9 Å². The van der Waals surface area contributed by atoms with Gasteiger partial charge in [-0.1, -0.05) is 38.4 Å². The Kier molecular flexibility index (Phi) is 8.82. The Balaban J connectivity index is 2.19. The van der Waals surface area contributed by atoms with Crippen molar-refractivity contribution in [1.82, 2.24) is 5.32 Å². The molecule has 1 saturated heterocycles. The van der Waals surface area contributed by atoms with Crippen LogP contribution in [-0.2, 0) is 24.5 Å². The number of rotatable bonds is 8. The molecular formula is C22H32ClN3O4. The molecule has 0 aliphatic carbocycles. The molecule has 0 spiro atoms. The molecule has 0 bridgehead atoms. The van der Waals surface area contributed by atoms with Crippen molar-refractivity contribution in [3.63, 3.8) is 0 Å². The van der Waals surface area contributed by atoms with Crippen LogP contribution in [0, 0.1) is 11.8 Å². The first kappa shape index (κ1) is 24.3. The second-order valence-corrected chi connectivity index (χ2v) is 9.11. The first-order chi connectivity index (χ1) is 14.2. The standard InChI is InChI=1S/C22H32ClN3O4/c1-22(2,3)17-5-4-16(12-18(17)23)25-21(29)19(14-7-10-30-11-8-14)26-20(28)15(13-24)6-9-27/h4-5,9,12,14-15,19H,6-8,10-11,13,24H2,1-3H3,(H,25,29)(H,26,28)/t15-,19+/m0/s1. The summed E-state index contributed by atoms with van der Waals surface area (Å²) >= 11 is 6.42. The Labute approximate surface area is 183 Å². The molecule has 166 valence electrons. The van der Waals surface area contributed by atoms with Gasteiger partial charge in [0.2, 0.25) is 11.8 Å². The minimum absolute atomic E-state index is 0.0221. The summed E-state index contributed by atoms with van der Waals surface area (Å²) in [4.78, 5) is 36.5. The summed E-state index contributed by atoms with van der Waals surface area (Å²) in [5.74, 6) is -1.44. The number of anilines is 1. The smallest absolute Gasteiger partial charge is 0.247 e. The van der Waals surface area contributed by atoms with Gasteiger partial charge >= 0.3 is 0 Å². The lowest BCUT2D eigenvalue weighted by molar-refractivity contribution is -0.131. The molecule has 0 saturated carbocycles. The first-order valence-electron chi connectivity index (χ1n) is 10.3. The molecule has 0 unspecified atom stereocenters. The average molecular weight is 438 g/mol. The summed E-state index contributed by atoms with van der Waals surface area (Å²) in [6.07, 6.45) is 2.00. The zero-order valence-corrected chi connectivity index (χ0v) is 18.6. The molecule has 7 nitrogen and oxygen atoms in total. The molecule has 2 rings (SSSR count). The molecule has 1 aromatic carbocycles. The van der Waals surface area contributed by atoms with Crippen LogP contribution < -0.4 is 16.4 Å². The molecule has 1 aromatic rings. The third-order valence-corrected chi connectivity index (χ3v) is 5.71. The van der Waals surface area contributed by atoms with E-state index in [1.807, 2.05) is 12.1 Å². The van der Waals surface area contributed by atoms with Gasteiger partial charge in [0, 0.05) is 36.9 Å². The molecule has 0 aromatic heterocycles. The molecule has 1 fully saturated rings. The van der Waals surface area contributed by atoms with E-state index >= 15 is 0 Å². The molecule has 1 heterocycles. The maximum atomic E-state index is 13.1. The number of halogens is 1. The fraction of sp³-hybridized carbons (Fsp3) is 0.591. The number of amides is 2. The molecule has 4 N–H and O–H groups in total. The molecule has 2 atom stereocenters. The first-order valence-corrected chi connectivity index (χ1v) is 10.7.